The molecule has 0 aliphatic carbocycles. The SMILES string of the molecule is CC(NC(=O)/C=C/c1ccc2c(c1)CCO2)c1cccc(-n2ccnc2)c1. The second kappa shape index (κ2) is 7.50. The number of benzene rings is 2. The monoisotopic (exact) mass is 359 g/mol. The highest BCUT2D eigenvalue weighted by atomic mass is 16.5. The number of carbonyl (C=O) groups is 1. The van der Waals surface area contributed by atoms with Crippen molar-refractivity contribution < 1.29 is 9.53 Å². The number of rotatable bonds is 5. The van der Waals surface area contributed by atoms with E-state index in [-0.39, 0.29) is 11.9 Å². The van der Waals surface area contributed by atoms with Crippen molar-refractivity contribution in [3.05, 3.63) is 84.0 Å². The lowest BCUT2D eigenvalue weighted by Crippen LogP contribution is -2.24. The Bertz CT molecular complexity index is 977. The van der Waals surface area contributed by atoms with Crippen molar-refractivity contribution in [3.8, 4) is 11.4 Å². The Hall–Kier alpha value is -3.34. The maximum atomic E-state index is 12.3. The minimum atomic E-state index is -0.118. The highest BCUT2D eigenvalue weighted by Gasteiger charge is 2.12. The molecular weight excluding hydrogens is 338 g/mol. The van der Waals surface area contributed by atoms with Crippen molar-refractivity contribution in [1.82, 2.24) is 14.9 Å². The molecule has 0 radical (unpaired) electrons. The first-order valence-electron chi connectivity index (χ1n) is 9.01. The number of nitrogens with zero attached hydrogens (tertiary/aromatic N) is 2. The van der Waals surface area contributed by atoms with Gasteiger partial charge in [0.05, 0.1) is 19.0 Å². The summed E-state index contributed by atoms with van der Waals surface area (Å²) in [6, 6.07) is 14.0. The molecule has 0 spiro atoms. The van der Waals surface area contributed by atoms with Crippen molar-refractivity contribution in [2.75, 3.05) is 6.61 Å². The van der Waals surface area contributed by atoms with Gasteiger partial charge in [-0.05, 0) is 54.0 Å². The van der Waals surface area contributed by atoms with Crippen LogP contribution >= 0.6 is 0 Å². The number of aromatic nitrogens is 2. The van der Waals surface area contributed by atoms with Crippen LogP contribution in [0.4, 0.5) is 0 Å². The molecule has 0 fully saturated rings. The number of fused-ring (bicyclic) bond motifs is 1. The number of ether oxygens (including phenoxy) is 1. The minimum absolute atomic E-state index is 0.0981. The molecule has 1 aromatic heterocycles. The second-order valence-corrected chi connectivity index (χ2v) is 6.59. The lowest BCUT2D eigenvalue weighted by molar-refractivity contribution is -0.117. The van der Waals surface area contributed by atoms with Crippen LogP contribution in [0.25, 0.3) is 11.8 Å². The highest BCUT2D eigenvalue weighted by Crippen LogP contribution is 2.26. The maximum absolute atomic E-state index is 12.3. The van der Waals surface area contributed by atoms with Crippen molar-refractivity contribution in [1.29, 1.82) is 0 Å². The van der Waals surface area contributed by atoms with Gasteiger partial charge in [0.15, 0.2) is 0 Å². The fourth-order valence-corrected chi connectivity index (χ4v) is 3.19. The molecule has 1 atom stereocenters. The summed E-state index contributed by atoms with van der Waals surface area (Å²) in [6.07, 6.45) is 9.73. The molecule has 1 aliphatic rings. The molecule has 5 heteroatoms. The predicted octanol–water partition coefficient (Wildman–Crippen LogP) is 3.70. The third kappa shape index (κ3) is 3.92. The third-order valence-electron chi connectivity index (χ3n) is 4.67. The smallest absolute Gasteiger partial charge is 0.244 e. The summed E-state index contributed by atoms with van der Waals surface area (Å²) >= 11 is 0. The molecule has 1 unspecified atom stereocenters. The van der Waals surface area contributed by atoms with E-state index in [9.17, 15) is 4.79 Å². The lowest BCUT2D eigenvalue weighted by Gasteiger charge is -2.14. The van der Waals surface area contributed by atoms with Gasteiger partial charge in [0.1, 0.15) is 5.75 Å². The zero-order chi connectivity index (χ0) is 18.6. The number of amides is 1. The fraction of sp³-hybridized carbons (Fsp3) is 0.182. The first-order chi connectivity index (χ1) is 13.2. The van der Waals surface area contributed by atoms with Crippen LogP contribution in [0, 0.1) is 0 Å². The Morgan fingerprint density at radius 1 is 1.30 bits per heavy atom. The van der Waals surface area contributed by atoms with Gasteiger partial charge in [-0.2, -0.15) is 0 Å². The predicted molar refractivity (Wildman–Crippen MR) is 105 cm³/mol. The molecule has 4 rings (SSSR count). The summed E-state index contributed by atoms with van der Waals surface area (Å²) in [4.78, 5) is 16.4. The van der Waals surface area contributed by atoms with E-state index in [2.05, 4.69) is 22.4 Å². The normalized spacial score (nSPS) is 14.0. The Morgan fingerprint density at radius 3 is 3.07 bits per heavy atom. The van der Waals surface area contributed by atoms with Crippen LogP contribution in [0.2, 0.25) is 0 Å². The van der Waals surface area contributed by atoms with Crippen LogP contribution in [0.15, 0.2) is 67.3 Å². The third-order valence-corrected chi connectivity index (χ3v) is 4.67. The Labute approximate surface area is 158 Å². The van der Waals surface area contributed by atoms with Gasteiger partial charge in [0, 0.05) is 30.6 Å². The number of hydrogen-bond acceptors (Lipinski definition) is 3. The summed E-state index contributed by atoms with van der Waals surface area (Å²) in [5, 5.41) is 3.02. The average Bonchev–Trinajstić information content (AvgIpc) is 3.38. The van der Waals surface area contributed by atoms with Gasteiger partial charge in [0.2, 0.25) is 5.91 Å². The highest BCUT2D eigenvalue weighted by molar-refractivity contribution is 5.92. The molecule has 0 saturated heterocycles. The summed E-state index contributed by atoms with van der Waals surface area (Å²) in [7, 11) is 0. The van der Waals surface area contributed by atoms with Crippen LogP contribution in [0.1, 0.15) is 29.7 Å². The minimum Gasteiger partial charge on any atom is -0.493 e. The van der Waals surface area contributed by atoms with E-state index >= 15 is 0 Å². The van der Waals surface area contributed by atoms with Crippen LogP contribution in [-0.4, -0.2) is 22.1 Å². The van der Waals surface area contributed by atoms with Gasteiger partial charge in [-0.25, -0.2) is 4.98 Å². The number of carbonyl (C=O) groups excluding carboxylic acids is 1. The van der Waals surface area contributed by atoms with E-state index in [1.165, 1.54) is 5.56 Å². The second-order valence-electron chi connectivity index (χ2n) is 6.59. The first-order valence-corrected chi connectivity index (χ1v) is 9.01. The number of imidazole rings is 1. The molecule has 2 aromatic carbocycles. The largest absolute Gasteiger partial charge is 0.493 e. The maximum Gasteiger partial charge on any atom is 0.244 e. The van der Waals surface area contributed by atoms with Gasteiger partial charge in [-0.15, -0.1) is 0 Å². The van der Waals surface area contributed by atoms with Crippen LogP contribution in [0.5, 0.6) is 5.75 Å². The van der Waals surface area contributed by atoms with Gasteiger partial charge < -0.3 is 14.6 Å². The Balaban J connectivity index is 1.41. The number of hydrogen-bond donors (Lipinski definition) is 1. The van der Waals surface area contributed by atoms with E-state index in [0.29, 0.717) is 0 Å². The Kier molecular flexibility index (Phi) is 4.75. The summed E-state index contributed by atoms with van der Waals surface area (Å²) < 4.78 is 7.45. The molecule has 0 saturated carbocycles. The van der Waals surface area contributed by atoms with Gasteiger partial charge in [-0.1, -0.05) is 18.2 Å². The van der Waals surface area contributed by atoms with E-state index < -0.39 is 0 Å². The lowest BCUT2D eigenvalue weighted by atomic mass is 10.1. The molecule has 1 aliphatic heterocycles. The van der Waals surface area contributed by atoms with Crippen molar-refractivity contribution in [2.45, 2.75) is 19.4 Å². The summed E-state index contributed by atoms with van der Waals surface area (Å²) in [5.74, 6) is 0.829. The van der Waals surface area contributed by atoms with Crippen LogP contribution < -0.4 is 10.1 Å². The fourth-order valence-electron chi connectivity index (χ4n) is 3.19. The van der Waals surface area contributed by atoms with E-state index in [1.54, 1.807) is 18.6 Å². The molecule has 3 aromatic rings. The standard InChI is InChI=1S/C22H21N3O2/c1-16(18-3-2-4-20(14-18)25-11-10-23-15-25)24-22(26)8-6-17-5-7-21-19(13-17)9-12-27-21/h2-8,10-11,13-16H,9,12H2,1H3,(H,24,26)/b8-6+. The Morgan fingerprint density at radius 2 is 2.22 bits per heavy atom. The molecular formula is C22H21N3O2. The van der Waals surface area contributed by atoms with Crippen molar-refractivity contribution >= 4 is 12.0 Å². The molecule has 1 N–H and O–H groups in total. The van der Waals surface area contributed by atoms with E-state index in [4.69, 9.17) is 4.74 Å². The number of nitrogens with one attached hydrogen (secondary N) is 1. The van der Waals surface area contributed by atoms with Crippen molar-refractivity contribution in [2.24, 2.45) is 0 Å². The van der Waals surface area contributed by atoms with Gasteiger partial charge in [0.25, 0.3) is 0 Å². The zero-order valence-corrected chi connectivity index (χ0v) is 15.1. The van der Waals surface area contributed by atoms with Gasteiger partial charge in [-0.3, -0.25) is 4.79 Å². The molecule has 0 bridgehead atoms. The van der Waals surface area contributed by atoms with E-state index in [0.717, 1.165) is 35.6 Å². The van der Waals surface area contributed by atoms with Crippen LogP contribution in [0.3, 0.4) is 0 Å². The quantitative estimate of drug-likeness (QED) is 0.707. The summed E-state index contributed by atoms with van der Waals surface area (Å²) in [6.45, 7) is 2.71. The van der Waals surface area contributed by atoms with Crippen LogP contribution in [-0.2, 0) is 11.2 Å². The molecule has 1 amide bonds. The van der Waals surface area contributed by atoms with Crippen molar-refractivity contribution in [3.63, 3.8) is 0 Å². The molecule has 5 nitrogen and oxygen atoms in total. The molecule has 27 heavy (non-hydrogen) atoms. The van der Waals surface area contributed by atoms with E-state index in [1.807, 2.05) is 54.1 Å². The summed E-state index contributed by atoms with van der Waals surface area (Å²) in [5.41, 5.74) is 4.26. The molecule has 136 valence electrons. The molecule has 2 heterocycles. The topological polar surface area (TPSA) is 56.1 Å². The first kappa shape index (κ1) is 17.1. The van der Waals surface area contributed by atoms with Gasteiger partial charge >= 0.3 is 0 Å². The average molecular weight is 359 g/mol. The zero-order valence-electron chi connectivity index (χ0n) is 15.1.